The minimum Gasteiger partial charge on any atom is -0.497 e. The zero-order valence-corrected chi connectivity index (χ0v) is 16.0. The van der Waals surface area contributed by atoms with Crippen molar-refractivity contribution in [2.45, 2.75) is 37.8 Å². The van der Waals surface area contributed by atoms with Crippen LogP contribution in [0.2, 0.25) is 5.02 Å². The van der Waals surface area contributed by atoms with Crippen LogP contribution in [0.25, 0.3) is 6.08 Å². The molecule has 1 aromatic heterocycles. The standard InChI is InChI=1S/C21H23ClN2O3/c1-26-18-8-2-15(3-9-18)4-12-20(25)24-17-6-10-19(11-7-17)27-21-13-5-16(22)14-23-21/h2-5,8-9,12-14,17,19H,6-7,10-11H2,1H3,(H,24,25)/b12-4+. The molecule has 1 amide bonds. The number of hydrogen-bond donors (Lipinski definition) is 1. The van der Waals surface area contributed by atoms with Crippen LogP contribution in [-0.4, -0.2) is 30.1 Å². The number of rotatable bonds is 6. The van der Waals surface area contributed by atoms with E-state index >= 15 is 0 Å². The van der Waals surface area contributed by atoms with Gasteiger partial charge in [-0.3, -0.25) is 4.79 Å². The predicted octanol–water partition coefficient (Wildman–Crippen LogP) is 4.26. The topological polar surface area (TPSA) is 60.5 Å². The number of methoxy groups -OCH3 is 1. The molecule has 1 heterocycles. The first-order valence-corrected chi connectivity index (χ1v) is 9.41. The summed E-state index contributed by atoms with van der Waals surface area (Å²) in [6.07, 6.45) is 8.63. The zero-order chi connectivity index (χ0) is 19.1. The third-order valence-electron chi connectivity index (χ3n) is 4.55. The van der Waals surface area contributed by atoms with Gasteiger partial charge < -0.3 is 14.8 Å². The summed E-state index contributed by atoms with van der Waals surface area (Å²) < 4.78 is 11.0. The van der Waals surface area contributed by atoms with Crippen molar-refractivity contribution < 1.29 is 14.3 Å². The van der Waals surface area contributed by atoms with E-state index in [-0.39, 0.29) is 18.1 Å². The molecule has 0 radical (unpaired) electrons. The highest BCUT2D eigenvalue weighted by molar-refractivity contribution is 6.30. The normalized spacial score (nSPS) is 19.6. The number of nitrogens with one attached hydrogen (secondary N) is 1. The van der Waals surface area contributed by atoms with Gasteiger partial charge in [0.2, 0.25) is 11.8 Å². The largest absolute Gasteiger partial charge is 0.497 e. The summed E-state index contributed by atoms with van der Waals surface area (Å²) in [5, 5.41) is 3.66. The van der Waals surface area contributed by atoms with Crippen LogP contribution in [0.3, 0.4) is 0 Å². The fourth-order valence-corrected chi connectivity index (χ4v) is 3.18. The lowest BCUT2D eigenvalue weighted by molar-refractivity contribution is -0.117. The van der Waals surface area contributed by atoms with Crippen LogP contribution in [0.15, 0.2) is 48.7 Å². The summed E-state index contributed by atoms with van der Waals surface area (Å²) in [4.78, 5) is 16.3. The molecule has 0 unspecified atom stereocenters. The van der Waals surface area contributed by atoms with Crippen molar-refractivity contribution in [2.24, 2.45) is 0 Å². The lowest BCUT2D eigenvalue weighted by Crippen LogP contribution is -2.39. The van der Waals surface area contributed by atoms with Crippen molar-refractivity contribution in [1.82, 2.24) is 10.3 Å². The fraction of sp³-hybridized carbons (Fsp3) is 0.333. The molecule has 27 heavy (non-hydrogen) atoms. The molecule has 0 aliphatic heterocycles. The average Bonchev–Trinajstić information content (AvgIpc) is 2.70. The van der Waals surface area contributed by atoms with Crippen LogP contribution < -0.4 is 14.8 Å². The number of benzene rings is 1. The number of hydrogen-bond acceptors (Lipinski definition) is 4. The molecule has 0 saturated heterocycles. The van der Waals surface area contributed by atoms with E-state index in [4.69, 9.17) is 21.1 Å². The van der Waals surface area contributed by atoms with Crippen molar-refractivity contribution in [3.63, 3.8) is 0 Å². The van der Waals surface area contributed by atoms with Crippen LogP contribution in [0.1, 0.15) is 31.2 Å². The van der Waals surface area contributed by atoms with Crippen LogP contribution in [0.5, 0.6) is 11.6 Å². The van der Waals surface area contributed by atoms with Crippen molar-refractivity contribution in [2.75, 3.05) is 7.11 Å². The molecule has 1 aliphatic carbocycles. The first kappa shape index (κ1) is 19.2. The van der Waals surface area contributed by atoms with Gasteiger partial charge in [0.25, 0.3) is 0 Å². The molecule has 1 aliphatic rings. The van der Waals surface area contributed by atoms with Crippen molar-refractivity contribution in [1.29, 1.82) is 0 Å². The summed E-state index contributed by atoms with van der Waals surface area (Å²) >= 11 is 5.83. The van der Waals surface area contributed by atoms with Gasteiger partial charge in [-0.25, -0.2) is 4.98 Å². The summed E-state index contributed by atoms with van der Waals surface area (Å²) in [6, 6.07) is 11.3. The Balaban J connectivity index is 1.42. The smallest absolute Gasteiger partial charge is 0.244 e. The molecule has 2 aromatic rings. The van der Waals surface area contributed by atoms with E-state index < -0.39 is 0 Å². The molecule has 3 rings (SSSR count). The van der Waals surface area contributed by atoms with Crippen molar-refractivity contribution in [3.05, 3.63) is 59.3 Å². The Bertz CT molecular complexity index is 767. The van der Waals surface area contributed by atoms with Crippen LogP contribution in [0.4, 0.5) is 0 Å². The number of carbonyl (C=O) groups excluding carboxylic acids is 1. The molecule has 1 aromatic carbocycles. The Morgan fingerprint density at radius 3 is 2.52 bits per heavy atom. The van der Waals surface area contributed by atoms with Crippen LogP contribution in [0, 0.1) is 0 Å². The van der Waals surface area contributed by atoms with E-state index in [0.29, 0.717) is 10.9 Å². The molecule has 5 nitrogen and oxygen atoms in total. The molecule has 142 valence electrons. The van der Waals surface area contributed by atoms with E-state index in [1.807, 2.05) is 24.3 Å². The summed E-state index contributed by atoms with van der Waals surface area (Å²) in [5.41, 5.74) is 0.957. The number of halogens is 1. The number of ether oxygens (including phenoxy) is 2. The van der Waals surface area contributed by atoms with E-state index in [1.165, 1.54) is 0 Å². The molecular formula is C21H23ClN2O3. The van der Waals surface area contributed by atoms with E-state index in [2.05, 4.69) is 10.3 Å². The minimum atomic E-state index is -0.0745. The van der Waals surface area contributed by atoms with E-state index in [9.17, 15) is 4.79 Å². The Morgan fingerprint density at radius 1 is 1.15 bits per heavy atom. The summed E-state index contributed by atoms with van der Waals surface area (Å²) in [5.74, 6) is 1.31. The van der Waals surface area contributed by atoms with E-state index in [1.54, 1.807) is 37.6 Å². The SMILES string of the molecule is COc1ccc(/C=C/C(=O)NC2CCC(Oc3ccc(Cl)cn3)CC2)cc1. The van der Waals surface area contributed by atoms with Gasteiger partial charge in [0.15, 0.2) is 0 Å². The maximum atomic E-state index is 12.1. The number of carbonyl (C=O) groups is 1. The van der Waals surface area contributed by atoms with Gasteiger partial charge in [-0.15, -0.1) is 0 Å². The van der Waals surface area contributed by atoms with Crippen molar-refractivity contribution in [3.8, 4) is 11.6 Å². The van der Waals surface area contributed by atoms with Gasteiger partial charge in [-0.1, -0.05) is 23.7 Å². The third-order valence-corrected chi connectivity index (χ3v) is 4.77. The van der Waals surface area contributed by atoms with Gasteiger partial charge >= 0.3 is 0 Å². The minimum absolute atomic E-state index is 0.0745. The third kappa shape index (κ3) is 6.00. The molecule has 0 spiro atoms. The van der Waals surface area contributed by atoms with Gasteiger partial charge in [-0.2, -0.15) is 0 Å². The molecule has 1 saturated carbocycles. The first-order valence-electron chi connectivity index (χ1n) is 9.03. The second-order valence-electron chi connectivity index (χ2n) is 6.52. The van der Waals surface area contributed by atoms with Crippen LogP contribution >= 0.6 is 11.6 Å². The second kappa shape index (κ2) is 9.42. The highest BCUT2D eigenvalue weighted by atomic mass is 35.5. The Hall–Kier alpha value is -2.53. The molecular weight excluding hydrogens is 364 g/mol. The second-order valence-corrected chi connectivity index (χ2v) is 6.96. The maximum Gasteiger partial charge on any atom is 0.244 e. The van der Waals surface area contributed by atoms with Crippen LogP contribution in [-0.2, 0) is 4.79 Å². The van der Waals surface area contributed by atoms with Gasteiger partial charge in [0.1, 0.15) is 11.9 Å². The number of nitrogens with zero attached hydrogens (tertiary/aromatic N) is 1. The zero-order valence-electron chi connectivity index (χ0n) is 15.2. The van der Waals surface area contributed by atoms with Gasteiger partial charge in [-0.05, 0) is 55.5 Å². The number of pyridine rings is 1. The lowest BCUT2D eigenvalue weighted by Gasteiger charge is -2.28. The quantitative estimate of drug-likeness (QED) is 0.753. The lowest BCUT2D eigenvalue weighted by atomic mass is 9.93. The predicted molar refractivity (Wildman–Crippen MR) is 106 cm³/mol. The number of aromatic nitrogens is 1. The highest BCUT2D eigenvalue weighted by Gasteiger charge is 2.23. The van der Waals surface area contributed by atoms with Gasteiger partial charge in [0.05, 0.1) is 12.1 Å². The Labute approximate surface area is 164 Å². The Kier molecular flexibility index (Phi) is 6.71. The first-order chi connectivity index (χ1) is 13.1. The molecule has 0 bridgehead atoms. The maximum absolute atomic E-state index is 12.1. The number of amides is 1. The Morgan fingerprint density at radius 2 is 1.89 bits per heavy atom. The summed E-state index contributed by atoms with van der Waals surface area (Å²) in [7, 11) is 1.63. The van der Waals surface area contributed by atoms with Gasteiger partial charge in [0, 0.05) is 24.4 Å². The molecule has 1 N–H and O–H groups in total. The monoisotopic (exact) mass is 386 g/mol. The molecule has 6 heteroatoms. The summed E-state index contributed by atoms with van der Waals surface area (Å²) in [6.45, 7) is 0. The average molecular weight is 387 g/mol. The van der Waals surface area contributed by atoms with E-state index in [0.717, 1.165) is 37.0 Å². The molecule has 0 atom stereocenters. The molecule has 1 fully saturated rings. The highest BCUT2D eigenvalue weighted by Crippen LogP contribution is 2.23. The van der Waals surface area contributed by atoms with Crippen molar-refractivity contribution >= 4 is 23.6 Å². The fourth-order valence-electron chi connectivity index (χ4n) is 3.06.